The van der Waals surface area contributed by atoms with Gasteiger partial charge in [0.1, 0.15) is 16.5 Å². The first kappa shape index (κ1) is 18.6. The van der Waals surface area contributed by atoms with Gasteiger partial charge in [-0.2, -0.15) is 4.98 Å². The van der Waals surface area contributed by atoms with E-state index in [0.717, 1.165) is 42.7 Å². The summed E-state index contributed by atoms with van der Waals surface area (Å²) in [5.74, 6) is 1.53. The normalized spacial score (nSPS) is 13.3. The van der Waals surface area contributed by atoms with Crippen LogP contribution in [0.4, 0.5) is 0 Å². The van der Waals surface area contributed by atoms with Gasteiger partial charge in [0.2, 0.25) is 5.91 Å². The number of fused-ring (bicyclic) bond motifs is 1. The van der Waals surface area contributed by atoms with Crippen LogP contribution in [0.5, 0.6) is 0 Å². The van der Waals surface area contributed by atoms with Crippen LogP contribution in [0.3, 0.4) is 0 Å². The van der Waals surface area contributed by atoms with Gasteiger partial charge < -0.3 is 14.2 Å². The van der Waals surface area contributed by atoms with Crippen LogP contribution in [0.25, 0.3) is 0 Å². The van der Waals surface area contributed by atoms with Crippen LogP contribution in [0.15, 0.2) is 55.4 Å². The average molecular weight is 399 g/mol. The zero-order chi connectivity index (χ0) is 19.3. The van der Waals surface area contributed by atoms with Crippen molar-refractivity contribution in [3.05, 3.63) is 70.1 Å². The summed E-state index contributed by atoms with van der Waals surface area (Å²) in [6.45, 7) is 0.735. The molecule has 28 heavy (non-hydrogen) atoms. The summed E-state index contributed by atoms with van der Waals surface area (Å²) in [7, 11) is 0. The Morgan fingerprint density at radius 1 is 1.14 bits per heavy atom. The van der Waals surface area contributed by atoms with Crippen LogP contribution in [0, 0.1) is 0 Å². The smallest absolute Gasteiger partial charge is 0.349 e. The van der Waals surface area contributed by atoms with E-state index in [4.69, 9.17) is 8.83 Å². The number of thioether (sulfide) groups is 1. The summed E-state index contributed by atoms with van der Waals surface area (Å²) in [5, 5.41) is 3.48. The maximum absolute atomic E-state index is 12.6. The Morgan fingerprint density at radius 3 is 2.64 bits per heavy atom. The summed E-state index contributed by atoms with van der Waals surface area (Å²) in [6, 6.07) is 7.26. The Labute approximate surface area is 166 Å². The quantitative estimate of drug-likeness (QED) is 0.485. The van der Waals surface area contributed by atoms with E-state index in [0.29, 0.717) is 23.9 Å². The molecule has 1 amide bonds. The third-order valence-electron chi connectivity index (χ3n) is 4.72. The van der Waals surface area contributed by atoms with E-state index in [1.165, 1.54) is 11.8 Å². The minimum atomic E-state index is -0.296. The second kappa shape index (κ2) is 8.52. The summed E-state index contributed by atoms with van der Waals surface area (Å²) < 4.78 is 12.3. The zero-order valence-corrected chi connectivity index (χ0v) is 16.2. The molecular weight excluding hydrogens is 378 g/mol. The maximum atomic E-state index is 12.6. The van der Waals surface area contributed by atoms with Crippen molar-refractivity contribution in [1.82, 2.24) is 14.9 Å². The Hall–Kier alpha value is -2.74. The van der Waals surface area contributed by atoms with Crippen molar-refractivity contribution in [2.75, 3.05) is 5.75 Å². The lowest BCUT2D eigenvalue weighted by atomic mass is 9.97. The molecule has 146 valence electrons. The predicted octanol–water partition coefficient (Wildman–Crippen LogP) is 2.76. The van der Waals surface area contributed by atoms with Gasteiger partial charge in [-0.1, -0.05) is 11.8 Å². The molecular formula is C20H21N3O4S. The van der Waals surface area contributed by atoms with Gasteiger partial charge in [-0.15, -0.1) is 0 Å². The molecule has 0 spiro atoms. The first-order valence-electron chi connectivity index (χ1n) is 9.27. The minimum absolute atomic E-state index is 0.118. The number of aromatic nitrogens is 2. The van der Waals surface area contributed by atoms with Gasteiger partial charge in [0.25, 0.3) is 0 Å². The summed E-state index contributed by atoms with van der Waals surface area (Å²) >= 11 is 1.32. The van der Waals surface area contributed by atoms with Crippen molar-refractivity contribution in [1.29, 1.82) is 0 Å². The van der Waals surface area contributed by atoms with Crippen molar-refractivity contribution in [3.63, 3.8) is 0 Å². The van der Waals surface area contributed by atoms with Crippen molar-refractivity contribution in [2.24, 2.45) is 0 Å². The van der Waals surface area contributed by atoms with Gasteiger partial charge >= 0.3 is 5.69 Å². The van der Waals surface area contributed by atoms with E-state index < -0.39 is 0 Å². The van der Waals surface area contributed by atoms with Gasteiger partial charge in [-0.05, 0) is 49.9 Å². The molecule has 0 radical (unpaired) electrons. The molecule has 1 aliphatic rings. The molecule has 3 aromatic rings. The number of carbonyl (C=O) groups is 1. The lowest BCUT2D eigenvalue weighted by molar-refractivity contribution is -0.118. The number of amides is 1. The molecule has 8 heteroatoms. The fourth-order valence-electron chi connectivity index (χ4n) is 3.37. The highest BCUT2D eigenvalue weighted by Gasteiger charge is 2.21. The number of nitrogens with one attached hydrogen (secondary N) is 1. The van der Waals surface area contributed by atoms with E-state index in [9.17, 15) is 9.59 Å². The molecule has 3 aromatic heterocycles. The number of furan rings is 2. The van der Waals surface area contributed by atoms with Crippen molar-refractivity contribution in [3.8, 4) is 0 Å². The predicted molar refractivity (Wildman–Crippen MR) is 104 cm³/mol. The Balaban J connectivity index is 1.48. The summed E-state index contributed by atoms with van der Waals surface area (Å²) in [5.41, 5.74) is 1.80. The molecule has 0 aromatic carbocycles. The van der Waals surface area contributed by atoms with Crippen molar-refractivity contribution < 1.29 is 13.6 Å². The van der Waals surface area contributed by atoms with Gasteiger partial charge in [-0.25, -0.2) is 4.79 Å². The topological polar surface area (TPSA) is 90.3 Å². The fourth-order valence-corrected chi connectivity index (χ4v) is 4.28. The number of rotatable bonds is 7. The number of nitrogens with zero attached hydrogens (tertiary/aromatic N) is 2. The highest BCUT2D eigenvalue weighted by atomic mass is 32.2. The molecule has 3 heterocycles. The molecule has 7 nitrogen and oxygen atoms in total. The molecule has 0 fully saturated rings. The second-order valence-electron chi connectivity index (χ2n) is 6.64. The van der Waals surface area contributed by atoms with E-state index >= 15 is 0 Å². The monoisotopic (exact) mass is 399 g/mol. The molecule has 1 aliphatic carbocycles. The molecule has 0 bridgehead atoms. The SMILES string of the molecule is O=C(CSc1nc(=O)n(Cc2ccco2)c2c1CCCC2)NCc1ccco1. The van der Waals surface area contributed by atoms with Crippen LogP contribution in [-0.4, -0.2) is 21.2 Å². The van der Waals surface area contributed by atoms with Crippen LogP contribution < -0.4 is 11.0 Å². The number of carbonyl (C=O) groups excluding carboxylic acids is 1. The molecule has 1 N–H and O–H groups in total. The lowest BCUT2D eigenvalue weighted by Gasteiger charge is -2.22. The standard InChI is InChI=1S/C20H21N3O4S/c24-18(21-11-14-5-3-9-26-14)13-28-19-16-7-1-2-8-17(16)23(20(25)22-19)12-15-6-4-10-27-15/h3-6,9-10H,1-2,7-8,11-13H2,(H,21,24). The maximum Gasteiger partial charge on any atom is 0.349 e. The molecule has 0 saturated heterocycles. The highest BCUT2D eigenvalue weighted by Crippen LogP contribution is 2.28. The Morgan fingerprint density at radius 2 is 1.89 bits per heavy atom. The van der Waals surface area contributed by atoms with Crippen molar-refractivity contribution >= 4 is 17.7 Å². The van der Waals surface area contributed by atoms with Crippen molar-refractivity contribution in [2.45, 2.75) is 43.8 Å². The van der Waals surface area contributed by atoms with E-state index in [1.807, 2.05) is 18.2 Å². The van der Waals surface area contributed by atoms with Gasteiger partial charge in [-0.3, -0.25) is 9.36 Å². The van der Waals surface area contributed by atoms with Gasteiger partial charge in [0, 0.05) is 11.3 Å². The van der Waals surface area contributed by atoms with E-state index in [1.54, 1.807) is 23.2 Å². The highest BCUT2D eigenvalue weighted by molar-refractivity contribution is 7.99. The first-order chi connectivity index (χ1) is 13.7. The molecule has 0 atom stereocenters. The first-order valence-corrected chi connectivity index (χ1v) is 10.3. The Bertz CT molecular complexity index is 993. The third-order valence-corrected chi connectivity index (χ3v) is 5.74. The largest absolute Gasteiger partial charge is 0.467 e. The molecule has 0 unspecified atom stereocenters. The fraction of sp³-hybridized carbons (Fsp3) is 0.350. The van der Waals surface area contributed by atoms with Crippen LogP contribution in [0.1, 0.15) is 35.6 Å². The minimum Gasteiger partial charge on any atom is -0.467 e. The third kappa shape index (κ3) is 4.22. The summed E-state index contributed by atoms with van der Waals surface area (Å²) in [4.78, 5) is 29.1. The van der Waals surface area contributed by atoms with Gasteiger partial charge in [0.05, 0.1) is 31.4 Å². The molecule has 0 aliphatic heterocycles. The average Bonchev–Trinajstić information content (AvgIpc) is 3.41. The van der Waals surface area contributed by atoms with Crippen LogP contribution in [-0.2, 0) is 30.7 Å². The Kier molecular flexibility index (Phi) is 5.66. The number of hydrogen-bond donors (Lipinski definition) is 1. The van der Waals surface area contributed by atoms with E-state index in [-0.39, 0.29) is 17.3 Å². The van der Waals surface area contributed by atoms with E-state index in [2.05, 4.69) is 10.3 Å². The van der Waals surface area contributed by atoms with Gasteiger partial charge in [0.15, 0.2) is 0 Å². The summed E-state index contributed by atoms with van der Waals surface area (Å²) in [6.07, 6.45) is 6.99. The van der Waals surface area contributed by atoms with Crippen LogP contribution >= 0.6 is 11.8 Å². The second-order valence-corrected chi connectivity index (χ2v) is 7.61. The molecule has 0 saturated carbocycles. The zero-order valence-electron chi connectivity index (χ0n) is 15.3. The molecule has 4 rings (SSSR count). The lowest BCUT2D eigenvalue weighted by Crippen LogP contribution is -2.31. The number of hydrogen-bond acceptors (Lipinski definition) is 6. The van der Waals surface area contributed by atoms with Crippen LogP contribution in [0.2, 0.25) is 0 Å².